The minimum atomic E-state index is 0.454. The fourth-order valence-corrected chi connectivity index (χ4v) is 2.04. The molecule has 0 N–H and O–H groups in total. The van der Waals surface area contributed by atoms with Crippen LogP contribution >= 0.6 is 15.9 Å². The summed E-state index contributed by atoms with van der Waals surface area (Å²) in [5, 5.41) is 0.739. The Morgan fingerprint density at radius 3 is 2.45 bits per heavy atom. The minimum absolute atomic E-state index is 0.454. The van der Waals surface area contributed by atoms with Gasteiger partial charge in [-0.2, -0.15) is 0 Å². The van der Waals surface area contributed by atoms with E-state index < -0.39 is 0 Å². The van der Waals surface area contributed by atoms with Gasteiger partial charge in [-0.15, -0.1) is 0 Å². The SMILES string of the molecule is COc1ccc(COc2ccc(CBr)nc2)cc1OC. The van der Waals surface area contributed by atoms with Crippen molar-refractivity contribution in [3.8, 4) is 17.2 Å². The van der Waals surface area contributed by atoms with Gasteiger partial charge in [0.15, 0.2) is 11.5 Å². The van der Waals surface area contributed by atoms with Crippen molar-refractivity contribution in [1.82, 2.24) is 4.98 Å². The molecule has 0 aliphatic carbocycles. The number of alkyl halides is 1. The van der Waals surface area contributed by atoms with E-state index in [1.54, 1.807) is 20.4 Å². The molecule has 0 fully saturated rings. The molecular weight excluding hydrogens is 322 g/mol. The summed E-state index contributed by atoms with van der Waals surface area (Å²) in [5.41, 5.74) is 1.98. The summed E-state index contributed by atoms with van der Waals surface area (Å²) >= 11 is 3.36. The molecule has 0 radical (unpaired) electrons. The Morgan fingerprint density at radius 1 is 1.05 bits per heavy atom. The third kappa shape index (κ3) is 3.63. The molecular formula is C15H16BrNO3. The van der Waals surface area contributed by atoms with Crippen LogP contribution in [-0.2, 0) is 11.9 Å². The zero-order valence-electron chi connectivity index (χ0n) is 11.4. The van der Waals surface area contributed by atoms with Crippen molar-refractivity contribution >= 4 is 15.9 Å². The summed E-state index contributed by atoms with van der Waals surface area (Å²) in [6, 6.07) is 9.55. The number of halogens is 1. The number of hydrogen-bond acceptors (Lipinski definition) is 4. The molecule has 2 rings (SSSR count). The van der Waals surface area contributed by atoms with Gasteiger partial charge in [0.25, 0.3) is 0 Å². The molecule has 0 atom stereocenters. The van der Waals surface area contributed by atoms with Crippen molar-refractivity contribution in [3.63, 3.8) is 0 Å². The normalized spacial score (nSPS) is 10.2. The molecule has 0 saturated heterocycles. The predicted molar refractivity (Wildman–Crippen MR) is 80.7 cm³/mol. The van der Waals surface area contributed by atoms with Gasteiger partial charge in [-0.25, -0.2) is 0 Å². The van der Waals surface area contributed by atoms with Gasteiger partial charge in [0.2, 0.25) is 0 Å². The molecule has 106 valence electrons. The van der Waals surface area contributed by atoms with Crippen LogP contribution in [0.5, 0.6) is 17.2 Å². The molecule has 0 aliphatic heterocycles. The number of benzene rings is 1. The highest BCUT2D eigenvalue weighted by Crippen LogP contribution is 2.28. The van der Waals surface area contributed by atoms with Gasteiger partial charge in [0, 0.05) is 5.33 Å². The van der Waals surface area contributed by atoms with E-state index in [-0.39, 0.29) is 0 Å². The van der Waals surface area contributed by atoms with Gasteiger partial charge in [-0.1, -0.05) is 22.0 Å². The van der Waals surface area contributed by atoms with Gasteiger partial charge < -0.3 is 14.2 Å². The fraction of sp³-hybridized carbons (Fsp3) is 0.267. The second-order valence-electron chi connectivity index (χ2n) is 4.10. The van der Waals surface area contributed by atoms with Gasteiger partial charge in [0.1, 0.15) is 12.4 Å². The van der Waals surface area contributed by atoms with E-state index >= 15 is 0 Å². The molecule has 0 saturated carbocycles. The van der Waals surface area contributed by atoms with Crippen LogP contribution < -0.4 is 14.2 Å². The van der Waals surface area contributed by atoms with Gasteiger partial charge >= 0.3 is 0 Å². The van der Waals surface area contributed by atoms with E-state index in [9.17, 15) is 0 Å². The van der Waals surface area contributed by atoms with Crippen molar-refractivity contribution in [3.05, 3.63) is 47.8 Å². The van der Waals surface area contributed by atoms with Crippen LogP contribution in [0.1, 0.15) is 11.3 Å². The van der Waals surface area contributed by atoms with E-state index in [4.69, 9.17) is 14.2 Å². The van der Waals surface area contributed by atoms with E-state index in [2.05, 4.69) is 20.9 Å². The molecule has 1 heterocycles. The second-order valence-corrected chi connectivity index (χ2v) is 4.66. The van der Waals surface area contributed by atoms with Crippen molar-refractivity contribution < 1.29 is 14.2 Å². The summed E-state index contributed by atoms with van der Waals surface area (Å²) < 4.78 is 16.2. The van der Waals surface area contributed by atoms with Crippen LogP contribution in [0.15, 0.2) is 36.5 Å². The Labute approximate surface area is 126 Å². The largest absolute Gasteiger partial charge is 0.493 e. The zero-order valence-corrected chi connectivity index (χ0v) is 13.0. The number of methoxy groups -OCH3 is 2. The number of pyridine rings is 1. The molecule has 1 aromatic carbocycles. The van der Waals surface area contributed by atoms with E-state index in [0.29, 0.717) is 18.1 Å². The average Bonchev–Trinajstić information content (AvgIpc) is 2.53. The highest BCUT2D eigenvalue weighted by molar-refractivity contribution is 9.08. The molecule has 0 amide bonds. The molecule has 2 aromatic rings. The fourth-order valence-electron chi connectivity index (χ4n) is 1.71. The van der Waals surface area contributed by atoms with Crippen LogP contribution in [0.3, 0.4) is 0 Å². The Balaban J connectivity index is 2.02. The first-order valence-electron chi connectivity index (χ1n) is 6.11. The van der Waals surface area contributed by atoms with Gasteiger partial charge in [-0.3, -0.25) is 4.98 Å². The molecule has 0 unspecified atom stereocenters. The monoisotopic (exact) mass is 337 g/mol. The van der Waals surface area contributed by atoms with Crippen molar-refractivity contribution in [2.45, 2.75) is 11.9 Å². The third-order valence-electron chi connectivity index (χ3n) is 2.79. The van der Waals surface area contributed by atoms with Crippen LogP contribution in [-0.4, -0.2) is 19.2 Å². The van der Waals surface area contributed by atoms with Gasteiger partial charge in [0.05, 0.1) is 26.1 Å². The Morgan fingerprint density at radius 2 is 1.85 bits per heavy atom. The quantitative estimate of drug-likeness (QED) is 0.755. The molecule has 1 aromatic heterocycles. The van der Waals surface area contributed by atoms with Gasteiger partial charge in [-0.05, 0) is 29.8 Å². The topological polar surface area (TPSA) is 40.6 Å². The molecule has 0 bridgehead atoms. The van der Waals surface area contributed by atoms with Crippen molar-refractivity contribution in [1.29, 1.82) is 0 Å². The number of aromatic nitrogens is 1. The zero-order chi connectivity index (χ0) is 14.4. The van der Waals surface area contributed by atoms with Crippen molar-refractivity contribution in [2.75, 3.05) is 14.2 Å². The maximum absolute atomic E-state index is 5.69. The predicted octanol–water partition coefficient (Wildman–Crippen LogP) is 3.57. The summed E-state index contributed by atoms with van der Waals surface area (Å²) in [6.07, 6.45) is 1.72. The van der Waals surface area contributed by atoms with Crippen LogP contribution in [0, 0.1) is 0 Å². The smallest absolute Gasteiger partial charge is 0.161 e. The standard InChI is InChI=1S/C15H16BrNO3/c1-18-14-6-3-11(7-15(14)19-2)10-20-13-5-4-12(8-16)17-9-13/h3-7,9H,8,10H2,1-2H3. The average molecular weight is 338 g/mol. The van der Waals surface area contributed by atoms with Crippen LogP contribution in [0.2, 0.25) is 0 Å². The van der Waals surface area contributed by atoms with Crippen molar-refractivity contribution in [2.24, 2.45) is 0 Å². The number of ether oxygens (including phenoxy) is 3. The summed E-state index contributed by atoms with van der Waals surface area (Å²) in [5.74, 6) is 2.14. The van der Waals surface area contributed by atoms with E-state index in [0.717, 1.165) is 22.3 Å². The lowest BCUT2D eigenvalue weighted by Crippen LogP contribution is -1.98. The highest BCUT2D eigenvalue weighted by atomic mass is 79.9. The Kier molecular flexibility index (Phi) is 5.24. The lowest BCUT2D eigenvalue weighted by Gasteiger charge is -2.10. The first kappa shape index (κ1) is 14.7. The van der Waals surface area contributed by atoms with E-state index in [1.165, 1.54) is 0 Å². The Hall–Kier alpha value is -1.75. The molecule has 0 aliphatic rings. The Bertz CT molecular complexity index is 558. The lowest BCUT2D eigenvalue weighted by atomic mass is 10.2. The maximum atomic E-state index is 5.69. The molecule has 4 nitrogen and oxygen atoms in total. The summed E-state index contributed by atoms with van der Waals surface area (Å²) in [4.78, 5) is 4.25. The first-order valence-corrected chi connectivity index (χ1v) is 7.23. The lowest BCUT2D eigenvalue weighted by molar-refractivity contribution is 0.302. The molecule has 5 heteroatoms. The third-order valence-corrected chi connectivity index (χ3v) is 3.36. The van der Waals surface area contributed by atoms with Crippen LogP contribution in [0.25, 0.3) is 0 Å². The molecule has 20 heavy (non-hydrogen) atoms. The summed E-state index contributed by atoms with van der Waals surface area (Å²) in [7, 11) is 3.23. The number of nitrogens with zero attached hydrogens (tertiary/aromatic N) is 1. The molecule has 0 spiro atoms. The highest BCUT2D eigenvalue weighted by Gasteiger charge is 2.05. The minimum Gasteiger partial charge on any atom is -0.493 e. The second kappa shape index (κ2) is 7.14. The van der Waals surface area contributed by atoms with E-state index in [1.807, 2.05) is 30.3 Å². The maximum Gasteiger partial charge on any atom is 0.161 e. The summed E-state index contributed by atoms with van der Waals surface area (Å²) in [6.45, 7) is 0.454. The number of hydrogen-bond donors (Lipinski definition) is 0. The number of rotatable bonds is 6. The first-order chi connectivity index (χ1) is 9.76. The van der Waals surface area contributed by atoms with Crippen LogP contribution in [0.4, 0.5) is 0 Å².